The van der Waals surface area contributed by atoms with E-state index in [1.54, 1.807) is 54.6 Å². The van der Waals surface area contributed by atoms with Crippen LogP contribution in [0.4, 0.5) is 39.8 Å². The molecule has 0 atom stereocenters. The molecule has 0 amide bonds. The highest BCUT2D eigenvalue weighted by atomic mass is 35.5. The van der Waals surface area contributed by atoms with E-state index < -0.39 is 17.0 Å². The van der Waals surface area contributed by atoms with E-state index in [4.69, 9.17) is 69.4 Å². The summed E-state index contributed by atoms with van der Waals surface area (Å²) in [4.78, 5) is 46.2. The number of nitrogens with zero attached hydrogens (tertiary/aromatic N) is 4. The third-order valence-corrected chi connectivity index (χ3v) is 20.7. The first-order valence-electron chi connectivity index (χ1n) is 39.4. The van der Waals surface area contributed by atoms with Crippen LogP contribution in [0.5, 0.6) is 46.0 Å². The molecule has 0 spiro atoms. The van der Waals surface area contributed by atoms with Crippen molar-refractivity contribution >= 4 is 86.6 Å². The Labute approximate surface area is 689 Å². The molecule has 23 nitrogen and oxygen atoms in total. The second-order valence-electron chi connectivity index (χ2n) is 28.7. The third-order valence-electron chi connectivity index (χ3n) is 20.1. The van der Waals surface area contributed by atoms with Gasteiger partial charge in [-0.25, -0.2) is 4.79 Å². The first-order valence-corrected chi connectivity index (χ1v) is 40.1. The van der Waals surface area contributed by atoms with Gasteiger partial charge in [0.2, 0.25) is 0 Å². The van der Waals surface area contributed by atoms with E-state index in [1.807, 2.05) is 156 Å². The molecular weight excluding hydrogens is 1510 g/mol. The predicted octanol–water partition coefficient (Wildman–Crippen LogP) is 22.5. The summed E-state index contributed by atoms with van der Waals surface area (Å²) in [5.74, 6) is 8.13. The van der Waals surface area contributed by atoms with E-state index in [9.17, 15) is 35.1 Å². The number of fused-ring (bicyclic) bond motifs is 1. The van der Waals surface area contributed by atoms with Crippen LogP contribution in [0.15, 0.2) is 247 Å². The smallest absolute Gasteiger partial charge is 0.457 e. The van der Waals surface area contributed by atoms with Gasteiger partial charge in [0.25, 0.3) is 17.1 Å². The number of nitro benzene ring substituents is 3. The molecule has 0 radical (unpaired) electrons. The van der Waals surface area contributed by atoms with Gasteiger partial charge in [-0.2, -0.15) is 0 Å². The van der Waals surface area contributed by atoms with E-state index in [0.29, 0.717) is 51.7 Å². The van der Waals surface area contributed by atoms with E-state index in [-0.39, 0.29) is 45.1 Å². The molecule has 10 aromatic carbocycles. The number of nitrogens with one attached hydrogen (secondary N) is 3. The number of rotatable bonds is 21. The zero-order chi connectivity index (χ0) is 81.5. The predicted molar refractivity (Wildman–Crippen MR) is 469 cm³/mol. The van der Waals surface area contributed by atoms with Gasteiger partial charge in [0.1, 0.15) is 61.7 Å². The lowest BCUT2D eigenvalue weighted by Crippen LogP contribution is -2.29. The Hall–Kier alpha value is -11.4. The number of aromatic nitrogens is 2. The number of imidazole rings is 1. The molecule has 4 aliphatic carbocycles. The van der Waals surface area contributed by atoms with Gasteiger partial charge < -0.3 is 61.8 Å². The van der Waals surface area contributed by atoms with Gasteiger partial charge in [-0.15, -0.1) is 0 Å². The maximum atomic E-state index is 12.3. The molecule has 0 unspecified atom stereocenters. The summed E-state index contributed by atoms with van der Waals surface area (Å²) >= 11 is 11.2. The lowest BCUT2D eigenvalue weighted by Gasteiger charge is -2.22. The average molecular weight is 1620 g/mol. The van der Waals surface area contributed by atoms with Crippen LogP contribution < -0.4 is 57.9 Å². The van der Waals surface area contributed by atoms with Crippen LogP contribution in [0.3, 0.4) is 0 Å². The van der Waals surface area contributed by atoms with Gasteiger partial charge in [0, 0.05) is 43.5 Å². The fraction of sp³-hybridized carbons (Fsp3) is 0.322. The van der Waals surface area contributed by atoms with Gasteiger partial charge in [0.05, 0.1) is 49.3 Å². The Balaban J connectivity index is 0.000000174. The molecule has 0 aliphatic heterocycles. The zero-order valence-corrected chi connectivity index (χ0v) is 66.1. The number of benzene rings is 10. The lowest BCUT2D eigenvalue weighted by atomic mass is 9.81. The Bertz CT molecular complexity index is 4800. The Kier molecular flexibility index (Phi) is 37.9. The monoisotopic (exact) mass is 1620 g/mol. The van der Waals surface area contributed by atoms with Gasteiger partial charge in [-0.05, 0) is 196 Å². The maximum Gasteiger partial charge on any atom is 0.488 e. The first kappa shape index (κ1) is 90.1. The van der Waals surface area contributed by atoms with E-state index in [0.717, 1.165) is 83.4 Å². The topological polar surface area (TPSA) is 347 Å². The van der Waals surface area contributed by atoms with Crippen molar-refractivity contribution in [3.05, 3.63) is 294 Å². The minimum atomic E-state index is -1.34. The largest absolute Gasteiger partial charge is 0.488 e. The molecule has 4 fully saturated rings. The van der Waals surface area contributed by atoms with E-state index in [1.165, 1.54) is 165 Å². The molecule has 612 valence electrons. The number of nitro groups is 3. The minimum Gasteiger partial charge on any atom is -0.457 e. The Morgan fingerprint density at radius 2 is 0.776 bits per heavy atom. The number of H-pyrrole nitrogens is 1. The van der Waals surface area contributed by atoms with Crippen LogP contribution in [0, 0.1) is 54.0 Å². The molecule has 1 aromatic heterocycles. The molecule has 4 saturated carbocycles. The fourth-order valence-electron chi connectivity index (χ4n) is 13.9. The van der Waals surface area contributed by atoms with Crippen LogP contribution in [-0.2, 0) is 6.54 Å². The molecule has 11 aromatic rings. The molecule has 4 aliphatic rings. The maximum absolute atomic E-state index is 12.3. The third kappa shape index (κ3) is 30.7. The van der Waals surface area contributed by atoms with Crippen molar-refractivity contribution in [3.8, 4) is 46.0 Å². The molecule has 26 heteroatoms. The van der Waals surface area contributed by atoms with Crippen molar-refractivity contribution in [1.82, 2.24) is 9.55 Å². The SMILES string of the molecule is C.NCC1CCCCC1.Nc1cc(Oc2ccccc2)ccc1NCC1CCCCC1.Nc1ccc(Cl)c([N+](=O)[O-])c1.O=[N+]([O-])c1cc(Oc2ccccc2)ccc1Cl.O=[N+]([O-])c1cc(Oc2ccccc2)ccc1NCC1CCCCC1.O=c1[nH]c2cc(Oc3ccccc3)ccc2n1CC1CCCCC1.OB(O)c1ccccc1. The summed E-state index contributed by atoms with van der Waals surface area (Å²) in [6.45, 7) is 3.54. The van der Waals surface area contributed by atoms with Crippen molar-refractivity contribution in [2.45, 2.75) is 142 Å². The van der Waals surface area contributed by atoms with Crippen molar-refractivity contribution in [3.63, 3.8) is 0 Å². The summed E-state index contributed by atoms with van der Waals surface area (Å²) < 4.78 is 24.7. The number of anilines is 4. The van der Waals surface area contributed by atoms with E-state index in [2.05, 4.69) is 15.6 Å². The van der Waals surface area contributed by atoms with Gasteiger partial charge >= 0.3 is 12.8 Å². The fourth-order valence-corrected chi connectivity index (χ4v) is 14.2. The van der Waals surface area contributed by atoms with Crippen molar-refractivity contribution in [1.29, 1.82) is 0 Å². The number of nitrogen functional groups attached to an aromatic ring is 2. The Morgan fingerprint density at radius 1 is 0.422 bits per heavy atom. The molecule has 116 heavy (non-hydrogen) atoms. The summed E-state index contributed by atoms with van der Waals surface area (Å²) in [5, 5.41) is 56.4. The minimum absolute atomic E-state index is 0. The lowest BCUT2D eigenvalue weighted by molar-refractivity contribution is -0.384. The molecule has 15 rings (SSSR count). The number of halogens is 2. The van der Waals surface area contributed by atoms with Crippen molar-refractivity contribution in [2.24, 2.45) is 29.4 Å². The summed E-state index contributed by atoms with van der Waals surface area (Å²) in [5.41, 5.74) is 21.6. The molecular formula is C90H107BCl2N10O13. The normalized spacial score (nSPS) is 14.0. The number of hydrogen-bond donors (Lipinski definition) is 8. The number of hydrogen-bond acceptors (Lipinski definition) is 18. The highest BCUT2D eigenvalue weighted by Crippen LogP contribution is 2.37. The van der Waals surface area contributed by atoms with Crippen LogP contribution in [-0.4, -0.2) is 61.1 Å². The highest BCUT2D eigenvalue weighted by Gasteiger charge is 2.22. The van der Waals surface area contributed by atoms with Crippen LogP contribution in [0.2, 0.25) is 10.0 Å². The summed E-state index contributed by atoms with van der Waals surface area (Å²) in [7, 11) is -1.34. The van der Waals surface area contributed by atoms with Crippen molar-refractivity contribution in [2.75, 3.05) is 41.7 Å². The standard InChI is InChI=1S/C20H22N2O2.C19H22N2O3.C19H24N2O.C12H8ClNO3.C7H15N.C6H7BO2.C6H5ClN2O2.CH4/c23-20-21-18-13-17(24-16-9-5-2-6-10-16)11-12-19(18)22(20)14-15-7-3-1-4-8-15;22-21(23)19-13-17(24-16-9-5-2-6-10-16)11-12-18(19)20-14-15-7-3-1-4-8-15;20-18-13-17(22-16-9-5-2-6-10-16)11-12-19(18)21-14-15-7-3-1-4-8-15;13-11-7-6-10(8-12(11)14(15)16)17-9-4-2-1-3-5-9;8-6-7-4-2-1-3-5-7;8-7(9)6-4-2-1-3-5-6;7-5-2-1-4(8)3-6(5)9(10)11;/h2,5-6,9-13,15H,1,3-4,7-8,14H2,(H,21,23);2,5-6,9-13,15,20H,1,3-4,7-8,14H2;2,5-6,9-13,15,21H,1,3-4,7-8,14,20H2;1-8H;7H,1-6,8H2;1-5,8-9H;1-3H,8H2;1H4. The number of nitrogens with two attached hydrogens (primary N) is 3. The zero-order valence-electron chi connectivity index (χ0n) is 64.6. The molecule has 11 N–H and O–H groups in total. The van der Waals surface area contributed by atoms with Gasteiger partial charge in [-0.1, -0.05) is 211 Å². The number of ether oxygens (including phenoxy) is 4. The first-order chi connectivity index (χ1) is 55.8. The summed E-state index contributed by atoms with van der Waals surface area (Å²) in [6, 6.07) is 71.5. The Morgan fingerprint density at radius 3 is 1.17 bits per heavy atom. The highest BCUT2D eigenvalue weighted by molar-refractivity contribution is 6.58. The molecule has 1 heterocycles. The van der Waals surface area contributed by atoms with Gasteiger partial charge in [-0.3, -0.25) is 34.9 Å². The van der Waals surface area contributed by atoms with Gasteiger partial charge in [0.15, 0.2) is 0 Å². The second-order valence-corrected chi connectivity index (χ2v) is 29.5. The van der Waals surface area contributed by atoms with E-state index >= 15 is 0 Å². The molecule has 0 saturated heterocycles. The average Bonchev–Trinajstić information content (AvgIpc) is 1.65. The van der Waals surface area contributed by atoms with Crippen LogP contribution in [0.1, 0.15) is 136 Å². The molecule has 0 bridgehead atoms. The van der Waals surface area contributed by atoms with Crippen LogP contribution in [0.25, 0.3) is 11.0 Å². The number of aromatic amines is 1. The second kappa shape index (κ2) is 48.7. The number of para-hydroxylation sites is 4. The van der Waals surface area contributed by atoms with Crippen molar-refractivity contribution < 1.29 is 43.8 Å². The summed E-state index contributed by atoms with van der Waals surface area (Å²) in [6.07, 6.45) is 26.5. The quantitative estimate of drug-likeness (QED) is 0.0143. The van der Waals surface area contributed by atoms with Crippen LogP contribution >= 0.6 is 23.2 Å².